The molecule has 3 amide bonds. The molecule has 0 heterocycles. The largest absolute Gasteiger partial charge is 0.491 e. The summed E-state index contributed by atoms with van der Waals surface area (Å²) < 4.78 is 8.46. The van der Waals surface area contributed by atoms with Gasteiger partial charge in [-0.1, -0.05) is 0 Å². The number of carbonyl (C=O) groups excluding carboxylic acids is 2. The number of anilines is 1. The van der Waals surface area contributed by atoms with Gasteiger partial charge in [0.05, 0.1) is 17.4 Å². The maximum absolute atomic E-state index is 11.2. The van der Waals surface area contributed by atoms with E-state index in [0.29, 0.717) is 5.75 Å². The molecule has 0 spiro atoms. The first-order valence-electron chi connectivity index (χ1n) is 5.19. The van der Waals surface area contributed by atoms with Crippen LogP contribution >= 0.6 is 0 Å². The molecule has 0 bridgehead atoms. The van der Waals surface area contributed by atoms with E-state index < -0.39 is 11.9 Å². The first-order chi connectivity index (χ1) is 8.43. The molecule has 3 N–H and O–H groups in total. The molecule has 1 aromatic carbocycles. The predicted molar refractivity (Wildman–Crippen MR) is 69.5 cm³/mol. The molecule has 0 saturated carbocycles. The lowest BCUT2D eigenvalue weighted by Gasteiger charge is -2.12. The molecule has 0 aromatic heterocycles. The molecule has 0 aliphatic carbocycles. The number of nitrogens with two attached hydrogens (primary N) is 1. The summed E-state index contributed by atoms with van der Waals surface area (Å²) in [5.74, 6) is -0.152. The monoisotopic (exact) mass is 267 g/mol. The van der Waals surface area contributed by atoms with Crippen molar-refractivity contribution >= 4 is 30.1 Å². The highest BCUT2D eigenvalue weighted by molar-refractivity contribution is 7.47. The molecule has 1 aromatic rings. The Balaban J connectivity index is 3.10. The van der Waals surface area contributed by atoms with E-state index in [1.54, 1.807) is 6.07 Å². The molecule has 0 fully saturated rings. The fourth-order valence-electron chi connectivity index (χ4n) is 1.33. The number of primary amides is 1. The van der Waals surface area contributed by atoms with Crippen molar-refractivity contribution < 1.29 is 14.3 Å². The Hall–Kier alpha value is -2.02. The fraction of sp³-hybridized carbons (Fsp3) is 0.273. The highest BCUT2D eigenvalue weighted by Crippen LogP contribution is 2.23. The smallest absolute Gasteiger partial charge is 0.356 e. The maximum Gasteiger partial charge on any atom is 0.356 e. The van der Waals surface area contributed by atoms with Crippen molar-refractivity contribution in [2.45, 2.75) is 20.0 Å². The van der Waals surface area contributed by atoms with Crippen LogP contribution < -0.4 is 15.8 Å². The standard InChI is InChI=1S/C11H13N3O3S/c1-6(2)17-7-3-4-8(10(12)15)9(5-7)13-11(16)14-18/h3-6H,1-2H3,(H2,12,15)(H,13,16). The van der Waals surface area contributed by atoms with E-state index in [4.69, 9.17) is 10.5 Å². The van der Waals surface area contributed by atoms with E-state index in [-0.39, 0.29) is 17.4 Å². The van der Waals surface area contributed by atoms with Gasteiger partial charge in [0.2, 0.25) is 0 Å². The van der Waals surface area contributed by atoms with Crippen molar-refractivity contribution in [3.05, 3.63) is 23.8 Å². The quantitative estimate of drug-likeness (QED) is 0.870. The second-order valence-electron chi connectivity index (χ2n) is 3.76. The zero-order chi connectivity index (χ0) is 13.7. The summed E-state index contributed by atoms with van der Waals surface area (Å²) >= 11 is 4.25. The summed E-state index contributed by atoms with van der Waals surface area (Å²) in [6, 6.07) is 3.83. The van der Waals surface area contributed by atoms with Crippen LogP contribution in [0.3, 0.4) is 0 Å². The molecule has 0 saturated heterocycles. The fourth-order valence-corrected chi connectivity index (χ4v) is 1.37. The summed E-state index contributed by atoms with van der Waals surface area (Å²) in [5.41, 5.74) is 5.58. The van der Waals surface area contributed by atoms with E-state index in [2.05, 4.69) is 22.1 Å². The van der Waals surface area contributed by atoms with Crippen LogP contribution in [0, 0.1) is 0 Å². The summed E-state index contributed by atoms with van der Waals surface area (Å²) in [6.07, 6.45) is -0.0309. The normalized spacial score (nSPS) is 9.94. The zero-order valence-electron chi connectivity index (χ0n) is 9.97. The molecule has 7 heteroatoms. The topological polar surface area (TPSA) is 93.8 Å². The van der Waals surface area contributed by atoms with Gasteiger partial charge in [0, 0.05) is 18.5 Å². The highest BCUT2D eigenvalue weighted by atomic mass is 32.1. The van der Waals surface area contributed by atoms with Gasteiger partial charge in [-0.2, -0.15) is 0 Å². The molecular formula is C11H13N3O3S. The number of amides is 3. The third-order valence-corrected chi connectivity index (χ3v) is 2.12. The molecule has 0 unspecified atom stereocenters. The van der Waals surface area contributed by atoms with Gasteiger partial charge in [0.15, 0.2) is 0 Å². The Labute approximate surface area is 110 Å². The molecule has 96 valence electrons. The van der Waals surface area contributed by atoms with Gasteiger partial charge in [0.25, 0.3) is 5.91 Å². The minimum Gasteiger partial charge on any atom is -0.491 e. The molecule has 0 aliphatic heterocycles. The molecule has 18 heavy (non-hydrogen) atoms. The Morgan fingerprint density at radius 3 is 2.61 bits per heavy atom. The second-order valence-corrected chi connectivity index (χ2v) is 3.94. The van der Waals surface area contributed by atoms with Crippen molar-refractivity contribution in [2.75, 3.05) is 5.32 Å². The summed E-state index contributed by atoms with van der Waals surface area (Å²) in [6.45, 7) is 3.72. The van der Waals surface area contributed by atoms with E-state index in [9.17, 15) is 9.59 Å². The zero-order valence-corrected chi connectivity index (χ0v) is 10.8. The first-order valence-corrected chi connectivity index (χ1v) is 5.55. The van der Waals surface area contributed by atoms with Gasteiger partial charge in [0.1, 0.15) is 5.75 Å². The van der Waals surface area contributed by atoms with E-state index in [1.807, 2.05) is 13.8 Å². The number of ether oxygens (including phenoxy) is 1. The van der Waals surface area contributed by atoms with Crippen molar-refractivity contribution in [1.29, 1.82) is 0 Å². The van der Waals surface area contributed by atoms with Crippen molar-refractivity contribution in [3.8, 4) is 5.75 Å². The average Bonchev–Trinajstić information content (AvgIpc) is 2.27. The lowest BCUT2D eigenvalue weighted by atomic mass is 10.1. The number of rotatable bonds is 4. The number of benzene rings is 1. The Kier molecular flexibility index (Phi) is 4.73. The average molecular weight is 267 g/mol. The minimum atomic E-state index is -0.741. The van der Waals surface area contributed by atoms with Gasteiger partial charge in [-0.3, -0.25) is 4.79 Å². The predicted octanol–water partition coefficient (Wildman–Crippen LogP) is 1.84. The van der Waals surface area contributed by atoms with E-state index in [1.165, 1.54) is 12.1 Å². The first kappa shape index (κ1) is 14.0. The van der Waals surface area contributed by atoms with Gasteiger partial charge in [-0.05, 0) is 26.0 Å². The number of hydrogen-bond donors (Lipinski definition) is 2. The van der Waals surface area contributed by atoms with Crippen LogP contribution in [-0.2, 0) is 12.4 Å². The van der Waals surface area contributed by atoms with Crippen LogP contribution in [0.15, 0.2) is 22.6 Å². The second kappa shape index (κ2) is 6.06. The van der Waals surface area contributed by atoms with Gasteiger partial charge < -0.3 is 15.8 Å². The number of hydrogen-bond acceptors (Lipinski definition) is 4. The molecule has 6 nitrogen and oxygen atoms in total. The molecular weight excluding hydrogens is 254 g/mol. The molecule has 0 atom stereocenters. The highest BCUT2D eigenvalue weighted by Gasteiger charge is 2.12. The maximum atomic E-state index is 11.2. The number of nitrogens with zero attached hydrogens (tertiary/aromatic N) is 1. The van der Waals surface area contributed by atoms with Crippen LogP contribution in [0.25, 0.3) is 0 Å². The molecule has 0 aliphatic rings. The van der Waals surface area contributed by atoms with Crippen molar-refractivity contribution in [1.82, 2.24) is 0 Å². The summed E-state index contributed by atoms with van der Waals surface area (Å²) in [5, 5.41) is 2.36. The number of urea groups is 1. The third kappa shape index (κ3) is 3.77. The minimum absolute atomic E-state index is 0.0309. The van der Waals surface area contributed by atoms with Crippen molar-refractivity contribution in [3.63, 3.8) is 0 Å². The van der Waals surface area contributed by atoms with Gasteiger partial charge >= 0.3 is 6.03 Å². The summed E-state index contributed by atoms with van der Waals surface area (Å²) in [7, 11) is 0. The SMILES string of the molecule is CC(C)Oc1ccc(C(N)=O)c(NC(=O)N=S)c1. The molecule has 1 rings (SSSR count). The molecule has 0 radical (unpaired) electrons. The number of carbonyl (C=O) groups is 2. The van der Waals surface area contributed by atoms with Gasteiger partial charge in [-0.15, -0.1) is 4.36 Å². The summed E-state index contributed by atoms with van der Waals surface area (Å²) in [4.78, 5) is 22.3. The Morgan fingerprint density at radius 1 is 1.44 bits per heavy atom. The van der Waals surface area contributed by atoms with E-state index in [0.717, 1.165) is 0 Å². The van der Waals surface area contributed by atoms with Crippen molar-refractivity contribution in [2.24, 2.45) is 10.1 Å². The van der Waals surface area contributed by atoms with Crippen LogP contribution in [0.1, 0.15) is 24.2 Å². The van der Waals surface area contributed by atoms with Gasteiger partial charge in [-0.25, -0.2) is 4.79 Å². The Bertz CT molecular complexity index is 488. The lowest BCUT2D eigenvalue weighted by molar-refractivity contribution is 0.100. The lowest BCUT2D eigenvalue weighted by Crippen LogP contribution is -2.16. The van der Waals surface area contributed by atoms with Crippen LogP contribution in [-0.4, -0.2) is 18.0 Å². The third-order valence-electron chi connectivity index (χ3n) is 1.95. The van der Waals surface area contributed by atoms with E-state index >= 15 is 0 Å². The van der Waals surface area contributed by atoms with Crippen LogP contribution in [0.4, 0.5) is 10.5 Å². The number of nitrogens with one attached hydrogen (secondary N) is 1. The Morgan fingerprint density at radius 2 is 2.11 bits per heavy atom. The van der Waals surface area contributed by atoms with Crippen LogP contribution in [0.5, 0.6) is 5.75 Å². The van der Waals surface area contributed by atoms with Crippen LogP contribution in [0.2, 0.25) is 0 Å².